The third-order valence-corrected chi connectivity index (χ3v) is 5.80. The second-order valence-electron chi connectivity index (χ2n) is 7.89. The highest BCUT2D eigenvalue weighted by Crippen LogP contribution is 2.31. The minimum absolute atomic E-state index is 0.151. The van der Waals surface area contributed by atoms with E-state index in [9.17, 15) is 13.6 Å². The van der Waals surface area contributed by atoms with Crippen molar-refractivity contribution in [2.45, 2.75) is 12.5 Å². The standard InChI is InChI=1S/C22H19F2N9O/c23-17-8-14(10-25)7-15(9-17)19-1-2-29-33(19)22(34)32-5-3-31(4-6-32)21-26-13-18(24)20(30-21)16-11-27-28-12-16/h2,7-9,11-13,19H,1,3-6H2,(H,27,28). The molecule has 1 fully saturated rings. The molecule has 2 aromatic heterocycles. The van der Waals surface area contributed by atoms with E-state index in [2.05, 4.69) is 25.3 Å². The van der Waals surface area contributed by atoms with Crippen LogP contribution in [0.3, 0.4) is 0 Å². The van der Waals surface area contributed by atoms with E-state index < -0.39 is 17.7 Å². The molecule has 0 bridgehead atoms. The molecule has 1 N–H and O–H groups in total. The lowest BCUT2D eigenvalue weighted by molar-refractivity contribution is 0.139. The van der Waals surface area contributed by atoms with Crippen LogP contribution in [0.5, 0.6) is 0 Å². The number of hydrogen-bond acceptors (Lipinski definition) is 7. The van der Waals surface area contributed by atoms with Crippen LogP contribution in [0.2, 0.25) is 0 Å². The van der Waals surface area contributed by atoms with Crippen molar-refractivity contribution in [2.24, 2.45) is 5.10 Å². The largest absolute Gasteiger partial charge is 0.341 e. The number of urea groups is 1. The monoisotopic (exact) mass is 463 g/mol. The van der Waals surface area contributed by atoms with Gasteiger partial charge in [-0.2, -0.15) is 15.5 Å². The van der Waals surface area contributed by atoms with Crippen LogP contribution in [-0.4, -0.2) is 68.5 Å². The van der Waals surface area contributed by atoms with Crippen LogP contribution >= 0.6 is 0 Å². The average molecular weight is 463 g/mol. The normalized spacial score (nSPS) is 17.8. The molecule has 0 aliphatic carbocycles. The maximum atomic E-state index is 14.2. The van der Waals surface area contributed by atoms with E-state index in [0.717, 1.165) is 12.3 Å². The van der Waals surface area contributed by atoms with Gasteiger partial charge in [-0.05, 0) is 23.8 Å². The van der Waals surface area contributed by atoms with Crippen molar-refractivity contribution in [1.82, 2.24) is 30.1 Å². The minimum atomic E-state index is -0.547. The second kappa shape index (κ2) is 8.86. The Morgan fingerprint density at radius 1 is 1.15 bits per heavy atom. The second-order valence-corrected chi connectivity index (χ2v) is 7.89. The van der Waals surface area contributed by atoms with Crippen molar-refractivity contribution in [1.29, 1.82) is 5.26 Å². The first-order chi connectivity index (χ1) is 16.5. The zero-order valence-corrected chi connectivity index (χ0v) is 17.9. The zero-order valence-electron chi connectivity index (χ0n) is 17.9. The number of aromatic amines is 1. The van der Waals surface area contributed by atoms with Gasteiger partial charge in [0.1, 0.15) is 11.5 Å². The zero-order chi connectivity index (χ0) is 23.7. The maximum absolute atomic E-state index is 14.2. The van der Waals surface area contributed by atoms with Gasteiger partial charge in [-0.15, -0.1) is 0 Å². The number of anilines is 1. The van der Waals surface area contributed by atoms with Gasteiger partial charge in [0.2, 0.25) is 5.95 Å². The van der Waals surface area contributed by atoms with Crippen LogP contribution in [0.1, 0.15) is 23.6 Å². The van der Waals surface area contributed by atoms with Gasteiger partial charge in [-0.1, -0.05) is 0 Å². The summed E-state index contributed by atoms with van der Waals surface area (Å²) >= 11 is 0. The highest BCUT2D eigenvalue weighted by Gasteiger charge is 2.34. The third-order valence-electron chi connectivity index (χ3n) is 5.80. The Balaban J connectivity index is 1.27. The molecule has 1 atom stereocenters. The van der Waals surface area contributed by atoms with E-state index in [-0.39, 0.29) is 17.3 Å². The number of nitrogens with one attached hydrogen (secondary N) is 1. The molecule has 0 spiro atoms. The Labute approximate surface area is 193 Å². The van der Waals surface area contributed by atoms with Gasteiger partial charge in [0.15, 0.2) is 5.82 Å². The molecule has 2 aliphatic heterocycles. The molecule has 12 heteroatoms. The summed E-state index contributed by atoms with van der Waals surface area (Å²) in [6, 6.07) is 5.20. The van der Waals surface area contributed by atoms with E-state index in [1.807, 2.05) is 11.0 Å². The van der Waals surface area contributed by atoms with Crippen LogP contribution in [0.4, 0.5) is 19.5 Å². The van der Waals surface area contributed by atoms with Crippen molar-refractivity contribution in [3.63, 3.8) is 0 Å². The lowest BCUT2D eigenvalue weighted by atomic mass is 10.0. The summed E-state index contributed by atoms with van der Waals surface area (Å²) in [5.41, 5.74) is 1.38. The van der Waals surface area contributed by atoms with Crippen molar-refractivity contribution >= 4 is 18.2 Å². The number of piperazine rings is 1. The molecular formula is C22H19F2N9O. The van der Waals surface area contributed by atoms with Crippen LogP contribution in [0, 0.1) is 23.0 Å². The Bertz CT molecular complexity index is 1280. The molecule has 10 nitrogen and oxygen atoms in total. The summed E-state index contributed by atoms with van der Waals surface area (Å²) in [6.45, 7) is 1.66. The summed E-state index contributed by atoms with van der Waals surface area (Å²) in [5.74, 6) is -0.713. The highest BCUT2D eigenvalue weighted by atomic mass is 19.1. The molecule has 1 saturated heterocycles. The molecule has 1 aromatic carbocycles. The quantitative estimate of drug-likeness (QED) is 0.638. The molecule has 172 valence electrons. The summed E-state index contributed by atoms with van der Waals surface area (Å²) in [7, 11) is 0. The first-order valence-electron chi connectivity index (χ1n) is 10.6. The smallest absolute Gasteiger partial charge is 0.337 e. The van der Waals surface area contributed by atoms with E-state index in [1.165, 1.54) is 17.3 Å². The highest BCUT2D eigenvalue weighted by molar-refractivity contribution is 5.79. The van der Waals surface area contributed by atoms with E-state index in [0.29, 0.717) is 49.7 Å². The summed E-state index contributed by atoms with van der Waals surface area (Å²) in [4.78, 5) is 25.2. The Kier molecular flexibility index (Phi) is 5.59. The predicted octanol–water partition coefficient (Wildman–Crippen LogP) is 2.69. The molecule has 0 radical (unpaired) electrons. The fraction of sp³-hybridized carbons (Fsp3) is 0.273. The molecule has 0 saturated carbocycles. The number of amides is 2. The van der Waals surface area contributed by atoms with Gasteiger partial charge in [-0.3, -0.25) is 5.10 Å². The van der Waals surface area contributed by atoms with Gasteiger partial charge in [-0.25, -0.2) is 28.6 Å². The van der Waals surface area contributed by atoms with Crippen molar-refractivity contribution in [3.05, 3.63) is 59.6 Å². The van der Waals surface area contributed by atoms with Crippen LogP contribution in [0.25, 0.3) is 11.3 Å². The Morgan fingerprint density at radius 2 is 1.97 bits per heavy atom. The Hall–Kier alpha value is -4.40. The average Bonchev–Trinajstić information content (AvgIpc) is 3.56. The van der Waals surface area contributed by atoms with E-state index in [1.54, 1.807) is 23.4 Å². The topological polar surface area (TPSA) is 117 Å². The van der Waals surface area contributed by atoms with Crippen LogP contribution < -0.4 is 4.90 Å². The molecule has 4 heterocycles. The first-order valence-corrected chi connectivity index (χ1v) is 10.6. The van der Waals surface area contributed by atoms with Gasteiger partial charge in [0.25, 0.3) is 0 Å². The number of carbonyl (C=O) groups excluding carboxylic acids is 1. The summed E-state index contributed by atoms with van der Waals surface area (Å²) in [6.07, 6.45) is 6.20. The molecule has 1 unspecified atom stereocenters. The number of benzene rings is 1. The lowest BCUT2D eigenvalue weighted by Crippen LogP contribution is -2.52. The van der Waals surface area contributed by atoms with Gasteiger partial charge in [0.05, 0.1) is 30.1 Å². The van der Waals surface area contributed by atoms with Crippen molar-refractivity contribution in [2.75, 3.05) is 31.1 Å². The number of nitriles is 1. The van der Waals surface area contributed by atoms with E-state index in [4.69, 9.17) is 5.26 Å². The number of nitrogens with zero attached hydrogens (tertiary/aromatic N) is 8. The molecule has 2 amide bonds. The van der Waals surface area contributed by atoms with Gasteiger partial charge in [0, 0.05) is 50.6 Å². The fourth-order valence-corrected chi connectivity index (χ4v) is 4.08. The molecule has 3 aromatic rings. The third kappa shape index (κ3) is 4.03. The maximum Gasteiger partial charge on any atom is 0.341 e. The van der Waals surface area contributed by atoms with Crippen molar-refractivity contribution in [3.8, 4) is 17.3 Å². The molecular weight excluding hydrogens is 444 g/mol. The lowest BCUT2D eigenvalue weighted by Gasteiger charge is -2.37. The molecule has 2 aliphatic rings. The fourth-order valence-electron chi connectivity index (χ4n) is 4.08. The number of aromatic nitrogens is 4. The number of rotatable bonds is 3. The minimum Gasteiger partial charge on any atom is -0.337 e. The number of hydrazone groups is 1. The van der Waals surface area contributed by atoms with Gasteiger partial charge < -0.3 is 9.80 Å². The Morgan fingerprint density at radius 3 is 2.71 bits per heavy atom. The number of halogens is 2. The van der Waals surface area contributed by atoms with E-state index >= 15 is 0 Å². The van der Waals surface area contributed by atoms with Crippen LogP contribution in [-0.2, 0) is 0 Å². The number of hydrogen-bond donors (Lipinski definition) is 1. The van der Waals surface area contributed by atoms with Crippen molar-refractivity contribution < 1.29 is 13.6 Å². The summed E-state index contributed by atoms with van der Waals surface area (Å²) < 4.78 is 28.1. The molecule has 34 heavy (non-hydrogen) atoms. The number of H-pyrrole nitrogens is 1. The SMILES string of the molecule is N#Cc1cc(F)cc(C2CC=NN2C(=O)N2CCN(c3ncc(F)c(-c4cn[nH]c4)n3)CC2)c1. The van der Waals surface area contributed by atoms with Crippen LogP contribution in [0.15, 0.2) is 41.9 Å². The first kappa shape index (κ1) is 21.4. The predicted molar refractivity (Wildman–Crippen MR) is 118 cm³/mol. The summed E-state index contributed by atoms with van der Waals surface area (Å²) in [5, 5.41) is 21.1. The number of carbonyl (C=O) groups is 1. The van der Waals surface area contributed by atoms with Gasteiger partial charge >= 0.3 is 6.03 Å². The molecule has 5 rings (SSSR count).